The topological polar surface area (TPSA) is 71.1 Å². The Hall–Kier alpha value is -3.77. The van der Waals surface area contributed by atoms with Crippen molar-refractivity contribution < 1.29 is 28.5 Å². The lowest BCUT2D eigenvalue weighted by Crippen LogP contribution is -2.09. The summed E-state index contributed by atoms with van der Waals surface area (Å²) in [6, 6.07) is 15.1. The van der Waals surface area contributed by atoms with Gasteiger partial charge in [-0.3, -0.25) is 4.79 Å². The summed E-state index contributed by atoms with van der Waals surface area (Å²) >= 11 is 6.18. The van der Waals surface area contributed by atoms with Crippen molar-refractivity contribution in [3.8, 4) is 23.0 Å². The van der Waals surface area contributed by atoms with E-state index in [1.165, 1.54) is 0 Å². The van der Waals surface area contributed by atoms with E-state index in [0.29, 0.717) is 50.3 Å². The van der Waals surface area contributed by atoms with Crippen LogP contribution in [0.25, 0.3) is 6.08 Å². The smallest absolute Gasteiger partial charge is 0.343 e. The molecule has 6 nitrogen and oxygen atoms in total. The maximum absolute atomic E-state index is 12.8. The first-order valence-corrected chi connectivity index (χ1v) is 9.83. The Morgan fingerprint density at radius 3 is 2.71 bits per heavy atom. The molecule has 3 aromatic carbocycles. The second kappa shape index (κ2) is 7.49. The highest BCUT2D eigenvalue weighted by atomic mass is 35.5. The highest BCUT2D eigenvalue weighted by molar-refractivity contribution is 6.32. The lowest BCUT2D eigenvalue weighted by atomic mass is 10.1. The molecule has 0 bridgehead atoms. The normalized spacial score (nSPS) is 15.0. The number of hydrogen-bond donors (Lipinski definition) is 0. The maximum atomic E-state index is 12.8. The Kier molecular flexibility index (Phi) is 4.64. The van der Waals surface area contributed by atoms with Crippen molar-refractivity contribution in [2.45, 2.75) is 6.92 Å². The Labute approximate surface area is 182 Å². The van der Waals surface area contributed by atoms with Gasteiger partial charge in [-0.1, -0.05) is 29.8 Å². The van der Waals surface area contributed by atoms with Crippen LogP contribution in [0.4, 0.5) is 0 Å². The van der Waals surface area contributed by atoms with E-state index in [2.05, 4.69) is 0 Å². The van der Waals surface area contributed by atoms with E-state index in [9.17, 15) is 9.59 Å². The molecule has 3 aromatic rings. The summed E-state index contributed by atoms with van der Waals surface area (Å²) in [6.07, 6.45) is 1.60. The summed E-state index contributed by atoms with van der Waals surface area (Å²) in [5.74, 6) is 1.07. The van der Waals surface area contributed by atoms with Crippen molar-refractivity contribution in [3.05, 3.63) is 87.6 Å². The van der Waals surface area contributed by atoms with Crippen LogP contribution in [0.5, 0.6) is 23.0 Å². The first-order valence-electron chi connectivity index (χ1n) is 9.45. The summed E-state index contributed by atoms with van der Waals surface area (Å²) in [7, 11) is 0. The fourth-order valence-electron chi connectivity index (χ4n) is 3.39. The second-order valence-corrected chi connectivity index (χ2v) is 7.39. The molecular weight excluding hydrogens is 420 g/mol. The first kappa shape index (κ1) is 19.2. The van der Waals surface area contributed by atoms with Gasteiger partial charge in [0.25, 0.3) is 0 Å². The summed E-state index contributed by atoms with van der Waals surface area (Å²) in [5, 5.41) is 0.512. The van der Waals surface area contributed by atoms with Crippen molar-refractivity contribution in [1.82, 2.24) is 0 Å². The lowest BCUT2D eigenvalue weighted by molar-refractivity contribution is 0.0732. The summed E-state index contributed by atoms with van der Waals surface area (Å²) in [4.78, 5) is 25.4. The van der Waals surface area contributed by atoms with E-state index in [1.54, 1.807) is 61.5 Å². The van der Waals surface area contributed by atoms with Gasteiger partial charge in [-0.05, 0) is 55.0 Å². The third-order valence-electron chi connectivity index (χ3n) is 5.04. The van der Waals surface area contributed by atoms with Gasteiger partial charge >= 0.3 is 5.97 Å². The largest absolute Gasteiger partial charge is 0.454 e. The Morgan fingerprint density at radius 2 is 1.87 bits per heavy atom. The van der Waals surface area contributed by atoms with Crippen molar-refractivity contribution >= 4 is 29.4 Å². The van der Waals surface area contributed by atoms with Crippen molar-refractivity contribution in [1.29, 1.82) is 0 Å². The van der Waals surface area contributed by atoms with Crippen LogP contribution >= 0.6 is 11.6 Å². The van der Waals surface area contributed by atoms with Crippen molar-refractivity contribution in [3.63, 3.8) is 0 Å². The number of hydrogen-bond acceptors (Lipinski definition) is 6. The monoisotopic (exact) mass is 434 g/mol. The van der Waals surface area contributed by atoms with Crippen LogP contribution in [0.1, 0.15) is 31.8 Å². The van der Waals surface area contributed by atoms with Crippen LogP contribution in [0.3, 0.4) is 0 Å². The first-order chi connectivity index (χ1) is 15.0. The Morgan fingerprint density at radius 1 is 1.06 bits per heavy atom. The molecule has 154 valence electrons. The zero-order chi connectivity index (χ0) is 21.5. The summed E-state index contributed by atoms with van der Waals surface area (Å²) < 4.78 is 21.9. The Bertz CT molecular complexity index is 1280. The number of fused-ring (bicyclic) bond motifs is 2. The second-order valence-electron chi connectivity index (χ2n) is 6.98. The molecule has 0 radical (unpaired) electrons. The highest BCUT2D eigenvalue weighted by Gasteiger charge is 2.31. The number of carbonyl (C=O) groups is 2. The van der Waals surface area contributed by atoms with Crippen LogP contribution in [0.15, 0.2) is 60.4 Å². The number of ketones is 1. The minimum absolute atomic E-state index is 0.118. The zero-order valence-electron chi connectivity index (χ0n) is 16.3. The lowest BCUT2D eigenvalue weighted by Gasteiger charge is -2.10. The molecule has 31 heavy (non-hydrogen) atoms. The van der Waals surface area contributed by atoms with Crippen LogP contribution in [-0.4, -0.2) is 18.5 Å². The highest BCUT2D eigenvalue weighted by Crippen LogP contribution is 2.40. The van der Waals surface area contributed by atoms with Crippen LogP contribution in [0, 0.1) is 6.92 Å². The number of halogens is 1. The standard InChI is InChI=1S/C24H15ClO6/c1-13-18(31-24(27)15-6-8-19-20(11-15)29-12-28-19)9-7-16-22(26)21(30-23(13)16)10-14-4-2-3-5-17(14)25/h2-11H,12H2,1H3/b21-10-. The predicted molar refractivity (Wildman–Crippen MR) is 113 cm³/mol. The molecule has 2 aliphatic heterocycles. The number of carbonyl (C=O) groups excluding carboxylic acids is 2. The van der Waals surface area contributed by atoms with Crippen LogP contribution in [-0.2, 0) is 0 Å². The van der Waals surface area contributed by atoms with Gasteiger partial charge in [0.1, 0.15) is 11.5 Å². The third kappa shape index (κ3) is 3.41. The van der Waals surface area contributed by atoms with Crippen molar-refractivity contribution in [2.75, 3.05) is 6.79 Å². The molecule has 0 unspecified atom stereocenters. The van der Waals surface area contributed by atoms with Gasteiger partial charge in [0.15, 0.2) is 17.3 Å². The number of rotatable bonds is 3. The van der Waals surface area contributed by atoms with E-state index in [4.69, 9.17) is 30.5 Å². The molecule has 0 atom stereocenters. The summed E-state index contributed by atoms with van der Waals surface area (Å²) in [5.41, 5.74) is 1.94. The van der Waals surface area contributed by atoms with E-state index in [0.717, 1.165) is 0 Å². The van der Waals surface area contributed by atoms with E-state index >= 15 is 0 Å². The molecule has 0 aliphatic carbocycles. The zero-order valence-corrected chi connectivity index (χ0v) is 17.1. The van der Waals surface area contributed by atoms with Gasteiger partial charge in [0, 0.05) is 10.6 Å². The maximum Gasteiger partial charge on any atom is 0.343 e. The molecule has 0 fully saturated rings. The average molecular weight is 435 g/mol. The van der Waals surface area contributed by atoms with Gasteiger partial charge in [0.05, 0.1) is 11.1 Å². The average Bonchev–Trinajstić information content (AvgIpc) is 3.36. The number of Topliss-reactive ketones (excluding diaryl/α,β-unsaturated/α-hetero) is 1. The van der Waals surface area contributed by atoms with Gasteiger partial charge < -0.3 is 18.9 Å². The molecule has 2 heterocycles. The summed E-state index contributed by atoms with van der Waals surface area (Å²) in [6.45, 7) is 1.85. The fraction of sp³-hybridized carbons (Fsp3) is 0.0833. The Balaban J connectivity index is 1.41. The molecule has 0 saturated carbocycles. The van der Waals surface area contributed by atoms with E-state index in [-0.39, 0.29) is 18.3 Å². The number of ether oxygens (including phenoxy) is 4. The van der Waals surface area contributed by atoms with Crippen LogP contribution in [0.2, 0.25) is 5.02 Å². The van der Waals surface area contributed by atoms with Gasteiger partial charge in [-0.25, -0.2) is 4.79 Å². The minimum Gasteiger partial charge on any atom is -0.454 e. The molecule has 0 aromatic heterocycles. The number of esters is 1. The SMILES string of the molecule is Cc1c(OC(=O)c2ccc3c(c2)OCO3)ccc2c1O/C(=C\c1ccccc1Cl)C2=O. The van der Waals surface area contributed by atoms with Gasteiger partial charge in [-0.2, -0.15) is 0 Å². The molecule has 0 saturated heterocycles. The molecule has 5 rings (SSSR count). The van der Waals surface area contributed by atoms with Crippen molar-refractivity contribution in [2.24, 2.45) is 0 Å². The van der Waals surface area contributed by atoms with E-state index < -0.39 is 5.97 Å². The number of benzene rings is 3. The van der Waals surface area contributed by atoms with Crippen LogP contribution < -0.4 is 18.9 Å². The molecule has 2 aliphatic rings. The molecular formula is C24H15ClO6. The fourth-order valence-corrected chi connectivity index (χ4v) is 3.58. The minimum atomic E-state index is -0.558. The quantitative estimate of drug-likeness (QED) is 0.320. The van der Waals surface area contributed by atoms with Gasteiger partial charge in [-0.15, -0.1) is 0 Å². The third-order valence-corrected chi connectivity index (χ3v) is 5.38. The molecule has 0 N–H and O–H groups in total. The number of allylic oxidation sites excluding steroid dienone is 1. The van der Waals surface area contributed by atoms with E-state index in [1.807, 2.05) is 6.07 Å². The van der Waals surface area contributed by atoms with Gasteiger partial charge in [0.2, 0.25) is 12.6 Å². The molecule has 7 heteroatoms. The molecule has 0 spiro atoms. The predicted octanol–water partition coefficient (Wildman–Crippen LogP) is 5.21. The molecule has 0 amide bonds.